The van der Waals surface area contributed by atoms with E-state index in [-0.39, 0.29) is 38.3 Å². The van der Waals surface area contributed by atoms with E-state index in [9.17, 15) is 14.3 Å². The Labute approximate surface area is 230 Å². The molecule has 0 radical (unpaired) electrons. The first-order chi connectivity index (χ1) is 19.2. The number of aliphatic carboxylic acids is 1. The summed E-state index contributed by atoms with van der Waals surface area (Å²) in [4.78, 5) is 30.0. The molecule has 13 heteroatoms. The molecular formula is C27H32FN5O7. The van der Waals surface area contributed by atoms with Crippen molar-refractivity contribution in [1.29, 1.82) is 0 Å². The van der Waals surface area contributed by atoms with Crippen LogP contribution in [0.2, 0.25) is 0 Å². The van der Waals surface area contributed by atoms with Gasteiger partial charge in [-0.3, -0.25) is 4.79 Å². The van der Waals surface area contributed by atoms with Crippen LogP contribution in [0.5, 0.6) is 6.01 Å². The molecule has 0 spiro atoms. The van der Waals surface area contributed by atoms with E-state index in [1.54, 1.807) is 24.4 Å². The molecule has 2 aliphatic heterocycles. The Bertz CT molecular complexity index is 1300. The van der Waals surface area contributed by atoms with E-state index in [1.807, 2.05) is 25.9 Å². The number of hydrogen-bond acceptors (Lipinski definition) is 10. The van der Waals surface area contributed by atoms with Crippen LogP contribution in [0, 0.1) is 17.2 Å². The van der Waals surface area contributed by atoms with E-state index in [1.165, 1.54) is 12.1 Å². The van der Waals surface area contributed by atoms with Gasteiger partial charge in [0.25, 0.3) is 0 Å². The minimum atomic E-state index is -0.957. The number of benzene rings is 1. The second kappa shape index (κ2) is 11.9. The molecule has 214 valence electrons. The van der Waals surface area contributed by atoms with Crippen molar-refractivity contribution in [3.63, 3.8) is 0 Å². The fourth-order valence-corrected chi connectivity index (χ4v) is 4.34. The van der Waals surface area contributed by atoms with Gasteiger partial charge in [0, 0.05) is 18.3 Å². The number of ether oxygens (including phenoxy) is 5. The average Bonchev–Trinajstić information content (AvgIpc) is 3.39. The maximum atomic E-state index is 13.7. The van der Waals surface area contributed by atoms with E-state index < -0.39 is 29.9 Å². The smallest absolute Gasteiger partial charge is 0.316 e. The van der Waals surface area contributed by atoms with E-state index in [0.717, 1.165) is 0 Å². The summed E-state index contributed by atoms with van der Waals surface area (Å²) in [6, 6.07) is 7.94. The summed E-state index contributed by atoms with van der Waals surface area (Å²) >= 11 is 0. The highest BCUT2D eigenvalue weighted by atomic mass is 19.1. The summed E-state index contributed by atoms with van der Waals surface area (Å²) in [5.41, 5.74) is 1.66. The first-order valence-corrected chi connectivity index (χ1v) is 12.9. The quantitative estimate of drug-likeness (QED) is 0.401. The number of rotatable bonds is 9. The van der Waals surface area contributed by atoms with Crippen molar-refractivity contribution in [3.05, 3.63) is 48.2 Å². The summed E-state index contributed by atoms with van der Waals surface area (Å²) < 4.78 is 42.9. The molecule has 2 aliphatic rings. The van der Waals surface area contributed by atoms with Crippen molar-refractivity contribution >= 4 is 5.97 Å². The normalized spacial score (nSPS) is 25.2. The van der Waals surface area contributed by atoms with Crippen LogP contribution >= 0.6 is 0 Å². The van der Waals surface area contributed by atoms with E-state index in [4.69, 9.17) is 28.7 Å². The third-order valence-corrected chi connectivity index (χ3v) is 6.67. The Hall–Kier alpha value is -3.49. The monoisotopic (exact) mass is 557 g/mol. The maximum Gasteiger partial charge on any atom is 0.316 e. The third kappa shape index (κ3) is 6.29. The number of carboxylic acids is 1. The highest BCUT2D eigenvalue weighted by Crippen LogP contribution is 2.38. The van der Waals surface area contributed by atoms with Crippen molar-refractivity contribution in [2.75, 3.05) is 53.7 Å². The van der Waals surface area contributed by atoms with Crippen LogP contribution in [0.4, 0.5) is 4.39 Å². The molecule has 3 aromatic rings. The van der Waals surface area contributed by atoms with Gasteiger partial charge in [-0.2, -0.15) is 4.98 Å². The molecule has 0 atom stereocenters. The minimum Gasteiger partial charge on any atom is -0.481 e. The Kier molecular flexibility index (Phi) is 8.38. The first kappa shape index (κ1) is 28.1. The van der Waals surface area contributed by atoms with Gasteiger partial charge in [-0.25, -0.2) is 14.4 Å². The summed E-state index contributed by atoms with van der Waals surface area (Å²) in [7, 11) is 3.90. The molecule has 0 bridgehead atoms. The predicted octanol–water partition coefficient (Wildman–Crippen LogP) is 2.74. The van der Waals surface area contributed by atoms with Crippen LogP contribution in [0.15, 0.2) is 36.5 Å². The molecule has 4 heterocycles. The number of nitrogens with one attached hydrogen (secondary N) is 1. The molecule has 40 heavy (non-hydrogen) atoms. The zero-order valence-electron chi connectivity index (χ0n) is 22.5. The highest BCUT2D eigenvalue weighted by molar-refractivity contribution is 5.76. The number of imidazole rings is 1. The molecule has 12 nitrogen and oxygen atoms in total. The number of aromatic amines is 1. The van der Waals surface area contributed by atoms with Gasteiger partial charge in [-0.15, -0.1) is 0 Å². The molecule has 2 saturated heterocycles. The fourth-order valence-electron chi connectivity index (χ4n) is 4.34. The molecule has 5 rings (SSSR count). The molecule has 2 N–H and O–H groups in total. The van der Waals surface area contributed by atoms with Crippen molar-refractivity contribution in [2.45, 2.75) is 19.5 Å². The largest absolute Gasteiger partial charge is 0.481 e. The van der Waals surface area contributed by atoms with Gasteiger partial charge >= 0.3 is 12.0 Å². The lowest BCUT2D eigenvalue weighted by Gasteiger charge is -2.43. The zero-order valence-corrected chi connectivity index (χ0v) is 22.5. The van der Waals surface area contributed by atoms with Crippen molar-refractivity contribution in [2.24, 2.45) is 11.3 Å². The number of aromatic nitrogens is 4. The molecule has 0 unspecified atom stereocenters. The summed E-state index contributed by atoms with van der Waals surface area (Å²) in [5.74, 6) is -1.62. The van der Waals surface area contributed by atoms with E-state index in [0.29, 0.717) is 41.6 Å². The van der Waals surface area contributed by atoms with Crippen LogP contribution in [-0.2, 0) is 23.7 Å². The Morgan fingerprint density at radius 2 is 1.82 bits per heavy atom. The number of hydrogen-bond donors (Lipinski definition) is 2. The number of carbonyl (C=O) groups is 1. The third-order valence-electron chi connectivity index (χ3n) is 6.67. The number of halogens is 1. The Morgan fingerprint density at radius 3 is 2.48 bits per heavy atom. The molecule has 0 aliphatic carbocycles. The Balaban J connectivity index is 1.36. The second-order valence-electron chi connectivity index (χ2n) is 10.4. The van der Waals surface area contributed by atoms with Crippen LogP contribution < -0.4 is 4.74 Å². The molecule has 0 saturated carbocycles. The van der Waals surface area contributed by atoms with Crippen molar-refractivity contribution in [3.8, 4) is 28.7 Å². The average molecular weight is 558 g/mol. The molecular weight excluding hydrogens is 525 g/mol. The lowest BCUT2D eigenvalue weighted by molar-refractivity contribution is -0.316. The van der Waals surface area contributed by atoms with Gasteiger partial charge in [0.1, 0.15) is 18.3 Å². The zero-order chi connectivity index (χ0) is 28.3. The summed E-state index contributed by atoms with van der Waals surface area (Å²) in [6.45, 7) is 3.57. The lowest BCUT2D eigenvalue weighted by atomic mass is 9.90. The van der Waals surface area contributed by atoms with Gasteiger partial charge in [-0.05, 0) is 44.4 Å². The molecule has 2 aromatic heterocycles. The van der Waals surface area contributed by atoms with Crippen molar-refractivity contribution in [1.82, 2.24) is 24.8 Å². The molecule has 1 aromatic carbocycles. The van der Waals surface area contributed by atoms with Gasteiger partial charge in [0.05, 0.1) is 48.9 Å². The van der Waals surface area contributed by atoms with E-state index >= 15 is 0 Å². The number of H-pyrrole nitrogens is 1. The molecule has 2 fully saturated rings. The number of nitrogens with zero attached hydrogens (tertiary/aromatic N) is 4. The van der Waals surface area contributed by atoms with Gasteiger partial charge in [0.2, 0.25) is 6.29 Å². The number of carboxylic acid groups (broad SMARTS) is 1. The van der Waals surface area contributed by atoms with Gasteiger partial charge < -0.3 is 38.7 Å². The van der Waals surface area contributed by atoms with Crippen LogP contribution in [0.3, 0.4) is 0 Å². The van der Waals surface area contributed by atoms with Crippen LogP contribution in [-0.4, -0.2) is 95.9 Å². The second-order valence-corrected chi connectivity index (χ2v) is 10.4. The maximum absolute atomic E-state index is 13.7. The number of likely N-dealkylation sites (N-methyl/N-ethyl adjacent to an activating group) is 1. The van der Waals surface area contributed by atoms with Crippen LogP contribution in [0.25, 0.3) is 22.6 Å². The van der Waals surface area contributed by atoms with Crippen LogP contribution in [0.1, 0.15) is 19.0 Å². The van der Waals surface area contributed by atoms with Gasteiger partial charge in [0.15, 0.2) is 12.1 Å². The minimum absolute atomic E-state index is 0.0569. The lowest BCUT2D eigenvalue weighted by Crippen LogP contribution is -2.51. The standard InChI is InChI=1S/C27H32FN5O7/c1-27(25-37-12-17(13-38-25)23(34)35)14-39-24(40-15-27)22-31-20(16-4-6-18(28)7-5-16)21(32-22)19-8-9-29-26(30-19)36-11-10-33(2)3/h4-9,17,24-25H,10-15H2,1-3H3,(H,31,32)(H,34,35). The van der Waals surface area contributed by atoms with Crippen molar-refractivity contribution < 1.29 is 38.0 Å². The molecule has 0 amide bonds. The van der Waals surface area contributed by atoms with E-state index in [2.05, 4.69) is 15.0 Å². The first-order valence-electron chi connectivity index (χ1n) is 12.9. The summed E-state index contributed by atoms with van der Waals surface area (Å²) in [6.07, 6.45) is 0.104. The predicted molar refractivity (Wildman–Crippen MR) is 139 cm³/mol. The van der Waals surface area contributed by atoms with Gasteiger partial charge in [-0.1, -0.05) is 6.92 Å². The fraction of sp³-hybridized carbons (Fsp3) is 0.481. The Morgan fingerprint density at radius 1 is 1.12 bits per heavy atom. The topological polar surface area (TPSA) is 141 Å². The summed E-state index contributed by atoms with van der Waals surface area (Å²) in [5, 5.41) is 9.18. The SMILES string of the molecule is CN(C)CCOc1nccc(-c2[nH]c(C3OCC(C)(C4OCC(C(=O)O)CO4)CO3)nc2-c2ccc(F)cc2)n1. The highest BCUT2D eigenvalue weighted by Gasteiger charge is 2.45.